The second-order valence-electron chi connectivity index (χ2n) is 4.91. The van der Waals surface area contributed by atoms with Crippen LogP contribution in [0.15, 0.2) is 18.2 Å². The number of nitrogens with two attached hydrogens (primary N) is 1. The van der Waals surface area contributed by atoms with Gasteiger partial charge in [-0.25, -0.2) is 0 Å². The molecule has 0 spiro atoms. The molecule has 6 nitrogen and oxygen atoms in total. The van der Waals surface area contributed by atoms with Crippen LogP contribution in [-0.2, 0) is 6.54 Å². The number of nitro benzene ring substituents is 1. The van der Waals surface area contributed by atoms with Gasteiger partial charge in [0.05, 0.1) is 11.5 Å². The second-order valence-corrected chi connectivity index (χ2v) is 4.91. The lowest BCUT2D eigenvalue weighted by Gasteiger charge is -2.34. The highest BCUT2D eigenvalue weighted by molar-refractivity contribution is 5.62. The van der Waals surface area contributed by atoms with Gasteiger partial charge in [-0.3, -0.25) is 15.0 Å². The molecular weight excluding hydrogens is 246 g/mol. The molecule has 0 aromatic heterocycles. The molecular formula is C13H19N3O3. The largest absolute Gasteiger partial charge is 0.395 e. The van der Waals surface area contributed by atoms with Crippen LogP contribution in [0.5, 0.6) is 0 Å². The summed E-state index contributed by atoms with van der Waals surface area (Å²) in [5.74, 6) is 0. The Kier molecular flexibility index (Phi) is 4.34. The van der Waals surface area contributed by atoms with Crippen molar-refractivity contribution in [2.45, 2.75) is 31.8 Å². The van der Waals surface area contributed by atoms with Gasteiger partial charge >= 0.3 is 0 Å². The fourth-order valence-corrected chi connectivity index (χ4v) is 2.59. The summed E-state index contributed by atoms with van der Waals surface area (Å²) in [4.78, 5) is 12.6. The SMILES string of the molecule is Nc1c(CN2CCCCC2CO)cccc1[N+](=O)[O-]. The molecule has 1 fully saturated rings. The summed E-state index contributed by atoms with van der Waals surface area (Å²) in [7, 11) is 0. The van der Waals surface area contributed by atoms with E-state index in [-0.39, 0.29) is 24.0 Å². The average molecular weight is 265 g/mol. The molecule has 1 atom stereocenters. The molecule has 0 saturated carbocycles. The molecule has 0 radical (unpaired) electrons. The van der Waals surface area contributed by atoms with Gasteiger partial charge in [0.15, 0.2) is 0 Å². The molecule has 1 unspecified atom stereocenters. The fourth-order valence-electron chi connectivity index (χ4n) is 2.59. The number of hydrogen-bond acceptors (Lipinski definition) is 5. The zero-order chi connectivity index (χ0) is 13.8. The first kappa shape index (κ1) is 13.8. The van der Waals surface area contributed by atoms with Crippen molar-refractivity contribution in [1.82, 2.24) is 4.90 Å². The molecule has 2 rings (SSSR count). The number of rotatable bonds is 4. The number of nitro groups is 1. The Bertz CT molecular complexity index is 464. The monoisotopic (exact) mass is 265 g/mol. The van der Waals surface area contributed by atoms with E-state index in [0.29, 0.717) is 6.54 Å². The Hall–Kier alpha value is -1.66. The Balaban J connectivity index is 2.18. The third-order valence-electron chi connectivity index (χ3n) is 3.70. The van der Waals surface area contributed by atoms with Gasteiger partial charge in [0.1, 0.15) is 5.69 Å². The van der Waals surface area contributed by atoms with Crippen molar-refractivity contribution in [3.05, 3.63) is 33.9 Å². The number of piperidine rings is 1. The van der Waals surface area contributed by atoms with E-state index in [1.807, 2.05) is 6.07 Å². The normalized spacial score (nSPS) is 20.4. The maximum absolute atomic E-state index is 10.9. The number of hydrogen-bond donors (Lipinski definition) is 2. The summed E-state index contributed by atoms with van der Waals surface area (Å²) >= 11 is 0. The van der Waals surface area contributed by atoms with Crippen LogP contribution in [0.4, 0.5) is 11.4 Å². The van der Waals surface area contributed by atoms with E-state index < -0.39 is 4.92 Å². The van der Waals surface area contributed by atoms with Gasteiger partial charge in [-0.15, -0.1) is 0 Å². The second kappa shape index (κ2) is 5.99. The zero-order valence-corrected chi connectivity index (χ0v) is 10.8. The smallest absolute Gasteiger partial charge is 0.292 e. The quantitative estimate of drug-likeness (QED) is 0.489. The molecule has 6 heteroatoms. The Morgan fingerprint density at radius 3 is 2.95 bits per heavy atom. The molecule has 1 aliphatic heterocycles. The van der Waals surface area contributed by atoms with Crippen LogP contribution in [-0.4, -0.2) is 34.1 Å². The van der Waals surface area contributed by atoms with Crippen molar-refractivity contribution in [2.24, 2.45) is 0 Å². The van der Waals surface area contributed by atoms with Crippen LogP contribution >= 0.6 is 0 Å². The number of benzene rings is 1. The summed E-state index contributed by atoms with van der Waals surface area (Å²) in [5.41, 5.74) is 6.80. The first-order valence-corrected chi connectivity index (χ1v) is 6.50. The molecule has 1 heterocycles. The van der Waals surface area contributed by atoms with Crippen molar-refractivity contribution in [3.8, 4) is 0 Å². The topological polar surface area (TPSA) is 92.6 Å². The Morgan fingerprint density at radius 2 is 2.26 bits per heavy atom. The lowest BCUT2D eigenvalue weighted by atomic mass is 10.0. The van der Waals surface area contributed by atoms with Gasteiger partial charge in [-0.2, -0.15) is 0 Å². The molecule has 1 aliphatic rings. The van der Waals surface area contributed by atoms with E-state index in [2.05, 4.69) is 4.90 Å². The number of aliphatic hydroxyl groups is 1. The molecule has 0 amide bonds. The number of anilines is 1. The Morgan fingerprint density at radius 1 is 1.47 bits per heavy atom. The highest BCUT2D eigenvalue weighted by atomic mass is 16.6. The first-order valence-electron chi connectivity index (χ1n) is 6.50. The van der Waals surface area contributed by atoms with Gasteiger partial charge < -0.3 is 10.8 Å². The summed E-state index contributed by atoms with van der Waals surface area (Å²) in [5, 5.41) is 20.2. The van der Waals surface area contributed by atoms with E-state index in [4.69, 9.17) is 5.73 Å². The van der Waals surface area contributed by atoms with Gasteiger partial charge in [-0.1, -0.05) is 18.6 Å². The predicted molar refractivity (Wildman–Crippen MR) is 72.6 cm³/mol. The molecule has 1 aromatic carbocycles. The van der Waals surface area contributed by atoms with Gasteiger partial charge in [0, 0.05) is 18.7 Å². The summed E-state index contributed by atoms with van der Waals surface area (Å²) < 4.78 is 0. The maximum atomic E-state index is 10.9. The van der Waals surface area contributed by atoms with Crippen LogP contribution in [0, 0.1) is 10.1 Å². The van der Waals surface area contributed by atoms with E-state index >= 15 is 0 Å². The van der Waals surface area contributed by atoms with Crippen molar-refractivity contribution < 1.29 is 10.0 Å². The Labute approximate surface area is 112 Å². The maximum Gasteiger partial charge on any atom is 0.292 e. The van der Waals surface area contributed by atoms with Crippen molar-refractivity contribution >= 4 is 11.4 Å². The van der Waals surface area contributed by atoms with Crippen molar-refractivity contribution in [2.75, 3.05) is 18.9 Å². The minimum atomic E-state index is -0.460. The van der Waals surface area contributed by atoms with E-state index in [0.717, 1.165) is 31.4 Å². The number of nitrogens with zero attached hydrogens (tertiary/aromatic N) is 2. The number of para-hydroxylation sites is 1. The average Bonchev–Trinajstić information content (AvgIpc) is 2.41. The van der Waals surface area contributed by atoms with Gasteiger partial charge in [0.2, 0.25) is 0 Å². The summed E-state index contributed by atoms with van der Waals surface area (Å²) in [6, 6.07) is 5.01. The third-order valence-corrected chi connectivity index (χ3v) is 3.70. The molecule has 3 N–H and O–H groups in total. The minimum Gasteiger partial charge on any atom is -0.395 e. The fraction of sp³-hybridized carbons (Fsp3) is 0.538. The number of aliphatic hydroxyl groups excluding tert-OH is 1. The lowest BCUT2D eigenvalue weighted by molar-refractivity contribution is -0.384. The van der Waals surface area contributed by atoms with Crippen LogP contribution in [0.3, 0.4) is 0 Å². The predicted octanol–water partition coefficient (Wildman–Crippen LogP) is 1.52. The summed E-state index contributed by atoms with van der Waals surface area (Å²) in [6.45, 7) is 1.57. The molecule has 1 saturated heterocycles. The molecule has 1 aromatic rings. The van der Waals surface area contributed by atoms with Crippen LogP contribution in [0.25, 0.3) is 0 Å². The molecule has 104 valence electrons. The number of likely N-dealkylation sites (tertiary alicyclic amines) is 1. The number of nitrogen functional groups attached to an aromatic ring is 1. The van der Waals surface area contributed by atoms with Crippen LogP contribution in [0.2, 0.25) is 0 Å². The molecule has 19 heavy (non-hydrogen) atoms. The van der Waals surface area contributed by atoms with Crippen molar-refractivity contribution in [3.63, 3.8) is 0 Å². The minimum absolute atomic E-state index is 0.0462. The van der Waals surface area contributed by atoms with Crippen LogP contribution in [0.1, 0.15) is 24.8 Å². The first-order chi connectivity index (χ1) is 9.13. The summed E-state index contributed by atoms with van der Waals surface area (Å²) in [6.07, 6.45) is 3.17. The zero-order valence-electron chi connectivity index (χ0n) is 10.8. The molecule has 0 aliphatic carbocycles. The standard InChI is InChI=1S/C13H19N3O3/c14-13-10(4-3-6-12(13)16(18)19)8-15-7-2-1-5-11(15)9-17/h3-4,6,11,17H,1-2,5,7-9,14H2. The van der Waals surface area contributed by atoms with E-state index in [9.17, 15) is 15.2 Å². The molecule has 0 bridgehead atoms. The van der Waals surface area contributed by atoms with Gasteiger partial charge in [-0.05, 0) is 24.9 Å². The highest BCUT2D eigenvalue weighted by Crippen LogP contribution is 2.27. The third kappa shape index (κ3) is 3.02. The highest BCUT2D eigenvalue weighted by Gasteiger charge is 2.23. The van der Waals surface area contributed by atoms with Gasteiger partial charge in [0.25, 0.3) is 5.69 Å². The van der Waals surface area contributed by atoms with E-state index in [1.54, 1.807) is 6.07 Å². The van der Waals surface area contributed by atoms with Crippen LogP contribution < -0.4 is 5.73 Å². The lowest BCUT2D eigenvalue weighted by Crippen LogP contribution is -2.41. The van der Waals surface area contributed by atoms with Crippen molar-refractivity contribution in [1.29, 1.82) is 0 Å². The van der Waals surface area contributed by atoms with E-state index in [1.165, 1.54) is 6.07 Å².